The molecule has 0 aliphatic rings. The topological polar surface area (TPSA) is 16.4 Å². The number of benzene rings is 9. The molecule has 1 heterocycles. The molecule has 0 aliphatic carbocycles. The molecule has 0 aliphatic heterocycles. The van der Waals surface area contributed by atoms with Crippen molar-refractivity contribution >= 4 is 71.3 Å². The Labute approximate surface area is 290 Å². The maximum atomic E-state index is 6.47. The molecule has 0 unspecified atom stereocenters. The van der Waals surface area contributed by atoms with Crippen molar-refractivity contribution in [1.29, 1.82) is 0 Å². The van der Waals surface area contributed by atoms with Crippen molar-refractivity contribution in [2.75, 3.05) is 4.90 Å². The molecule has 0 spiro atoms. The van der Waals surface area contributed by atoms with E-state index in [0.29, 0.717) is 0 Å². The summed E-state index contributed by atoms with van der Waals surface area (Å²) in [6.45, 7) is 0. The number of fused-ring (bicyclic) bond motifs is 7. The zero-order valence-electron chi connectivity index (χ0n) is 27.3. The summed E-state index contributed by atoms with van der Waals surface area (Å²) >= 11 is 0. The van der Waals surface area contributed by atoms with Crippen LogP contribution in [-0.2, 0) is 0 Å². The minimum Gasteiger partial charge on any atom is -0.455 e. The third-order valence-electron chi connectivity index (χ3n) is 10.0. The highest BCUT2D eigenvalue weighted by Crippen LogP contribution is 2.44. The molecule has 10 rings (SSSR count). The van der Waals surface area contributed by atoms with E-state index >= 15 is 0 Å². The summed E-state index contributed by atoms with van der Waals surface area (Å²) in [7, 11) is 0. The highest BCUT2D eigenvalue weighted by atomic mass is 16.3. The summed E-state index contributed by atoms with van der Waals surface area (Å²) < 4.78 is 6.47. The molecule has 0 N–H and O–H groups in total. The molecular formula is C48H31NO. The van der Waals surface area contributed by atoms with Crippen LogP contribution in [0.2, 0.25) is 0 Å². The predicted octanol–water partition coefficient (Wildman–Crippen LogP) is 13.8. The van der Waals surface area contributed by atoms with E-state index in [2.05, 4.69) is 193 Å². The lowest BCUT2D eigenvalue weighted by Gasteiger charge is -2.28. The third-order valence-corrected chi connectivity index (χ3v) is 10.0. The van der Waals surface area contributed by atoms with Crippen molar-refractivity contribution in [3.05, 3.63) is 188 Å². The Kier molecular flexibility index (Phi) is 6.53. The minimum atomic E-state index is 0.897. The predicted molar refractivity (Wildman–Crippen MR) is 212 cm³/mol. The van der Waals surface area contributed by atoms with Crippen LogP contribution in [0.25, 0.3) is 76.5 Å². The first-order chi connectivity index (χ1) is 24.8. The van der Waals surface area contributed by atoms with Crippen molar-refractivity contribution in [2.45, 2.75) is 0 Å². The molecule has 0 fully saturated rings. The quantitative estimate of drug-likeness (QED) is 0.187. The van der Waals surface area contributed by atoms with E-state index in [9.17, 15) is 0 Å². The van der Waals surface area contributed by atoms with E-state index < -0.39 is 0 Å². The lowest BCUT2D eigenvalue weighted by Crippen LogP contribution is -2.11. The molecule has 2 nitrogen and oxygen atoms in total. The number of hydrogen-bond donors (Lipinski definition) is 0. The van der Waals surface area contributed by atoms with Gasteiger partial charge in [-0.05, 0) is 98.2 Å². The largest absolute Gasteiger partial charge is 0.455 e. The second-order valence-electron chi connectivity index (χ2n) is 13.0. The highest BCUT2D eigenvalue weighted by Gasteiger charge is 2.19. The normalized spacial score (nSPS) is 11.6. The van der Waals surface area contributed by atoms with Gasteiger partial charge >= 0.3 is 0 Å². The van der Waals surface area contributed by atoms with Crippen LogP contribution in [0.4, 0.5) is 17.1 Å². The van der Waals surface area contributed by atoms with Crippen LogP contribution in [0, 0.1) is 0 Å². The molecule has 0 saturated heterocycles. The summed E-state index contributed by atoms with van der Waals surface area (Å²) in [6.07, 6.45) is 0. The SMILES string of the molecule is c1ccc(N(c2ccc(-c3ccc4ccccc4c3)cc2)c2ccc3ccccc3c2)c(-c2ccc3oc4c5ccccc5ccc4c3c2)c1. The fraction of sp³-hybridized carbons (Fsp3) is 0. The lowest BCUT2D eigenvalue weighted by atomic mass is 9.98. The van der Waals surface area contributed by atoms with Gasteiger partial charge in [-0.15, -0.1) is 0 Å². The van der Waals surface area contributed by atoms with E-state index in [1.54, 1.807) is 0 Å². The average molecular weight is 638 g/mol. The first kappa shape index (κ1) is 28.4. The monoisotopic (exact) mass is 637 g/mol. The fourth-order valence-corrected chi connectivity index (χ4v) is 7.50. The molecule has 0 atom stereocenters. The maximum Gasteiger partial charge on any atom is 0.143 e. The van der Waals surface area contributed by atoms with Gasteiger partial charge in [0, 0.05) is 33.1 Å². The number of furan rings is 1. The van der Waals surface area contributed by atoms with Crippen molar-refractivity contribution in [3.63, 3.8) is 0 Å². The van der Waals surface area contributed by atoms with Gasteiger partial charge in [-0.3, -0.25) is 0 Å². The fourth-order valence-electron chi connectivity index (χ4n) is 7.50. The molecule has 2 heteroatoms. The second kappa shape index (κ2) is 11.5. The van der Waals surface area contributed by atoms with Gasteiger partial charge in [0.25, 0.3) is 0 Å². The van der Waals surface area contributed by atoms with E-state index in [-0.39, 0.29) is 0 Å². The molecule has 0 bridgehead atoms. The van der Waals surface area contributed by atoms with Crippen LogP contribution >= 0.6 is 0 Å². The van der Waals surface area contributed by atoms with Gasteiger partial charge in [0.15, 0.2) is 0 Å². The van der Waals surface area contributed by atoms with Crippen molar-refractivity contribution in [1.82, 2.24) is 0 Å². The Morgan fingerprint density at radius 2 is 0.940 bits per heavy atom. The van der Waals surface area contributed by atoms with Gasteiger partial charge in [0.2, 0.25) is 0 Å². The van der Waals surface area contributed by atoms with Crippen LogP contribution < -0.4 is 4.90 Å². The standard InChI is InChI=1S/C48H31NO/c1-3-12-36-29-38(18-17-32(36)9-1)34-19-24-40(25-20-34)49(41-26-21-33-10-2-4-13-37(33)30-41)46-16-8-7-14-42(46)39-23-28-47-45(31-39)44-27-22-35-11-5-6-15-43(35)48(44)50-47/h1-31H. The van der Waals surface area contributed by atoms with Gasteiger partial charge in [-0.2, -0.15) is 0 Å². The average Bonchev–Trinajstić information content (AvgIpc) is 3.57. The number of anilines is 3. The summed E-state index contributed by atoms with van der Waals surface area (Å²) in [6, 6.07) is 67.6. The smallest absolute Gasteiger partial charge is 0.143 e. The summed E-state index contributed by atoms with van der Waals surface area (Å²) in [4.78, 5) is 2.39. The Morgan fingerprint density at radius 1 is 0.340 bits per heavy atom. The van der Waals surface area contributed by atoms with E-state index in [1.807, 2.05) is 0 Å². The number of rotatable bonds is 5. The van der Waals surface area contributed by atoms with Crippen LogP contribution in [0.1, 0.15) is 0 Å². The van der Waals surface area contributed by atoms with E-state index in [1.165, 1.54) is 38.1 Å². The van der Waals surface area contributed by atoms with Gasteiger partial charge < -0.3 is 9.32 Å². The van der Waals surface area contributed by atoms with Crippen LogP contribution in [0.3, 0.4) is 0 Å². The van der Waals surface area contributed by atoms with Gasteiger partial charge in [-0.1, -0.05) is 133 Å². The summed E-state index contributed by atoms with van der Waals surface area (Å²) in [5.74, 6) is 0. The molecule has 0 radical (unpaired) electrons. The van der Waals surface area contributed by atoms with E-state index in [4.69, 9.17) is 4.42 Å². The molecule has 234 valence electrons. The molecule has 10 aromatic rings. The Bertz CT molecular complexity index is 2880. The van der Waals surface area contributed by atoms with Crippen LogP contribution in [0.5, 0.6) is 0 Å². The first-order valence-electron chi connectivity index (χ1n) is 17.1. The van der Waals surface area contributed by atoms with Crippen molar-refractivity contribution in [2.24, 2.45) is 0 Å². The van der Waals surface area contributed by atoms with Gasteiger partial charge in [0.05, 0.1) is 5.69 Å². The van der Waals surface area contributed by atoms with Crippen molar-refractivity contribution in [3.8, 4) is 22.3 Å². The number of hydrogen-bond acceptors (Lipinski definition) is 2. The number of para-hydroxylation sites is 1. The lowest BCUT2D eigenvalue weighted by molar-refractivity contribution is 0.672. The van der Waals surface area contributed by atoms with Crippen LogP contribution in [-0.4, -0.2) is 0 Å². The first-order valence-corrected chi connectivity index (χ1v) is 17.1. The maximum absolute atomic E-state index is 6.47. The molecule has 9 aromatic carbocycles. The molecule has 1 aromatic heterocycles. The highest BCUT2D eigenvalue weighted by molar-refractivity contribution is 6.15. The molecule has 0 saturated carbocycles. The van der Waals surface area contributed by atoms with Gasteiger partial charge in [0.1, 0.15) is 11.2 Å². The number of nitrogens with zero attached hydrogens (tertiary/aromatic N) is 1. The molecular weight excluding hydrogens is 607 g/mol. The van der Waals surface area contributed by atoms with Crippen molar-refractivity contribution < 1.29 is 4.42 Å². The zero-order valence-corrected chi connectivity index (χ0v) is 27.3. The second-order valence-corrected chi connectivity index (χ2v) is 13.0. The minimum absolute atomic E-state index is 0.897. The Balaban J connectivity index is 1.13. The molecule has 50 heavy (non-hydrogen) atoms. The summed E-state index contributed by atoms with van der Waals surface area (Å²) in [5.41, 5.74) is 9.84. The Hall–Kier alpha value is -6.64. The molecule has 0 amide bonds. The zero-order chi connectivity index (χ0) is 33.0. The summed E-state index contributed by atoms with van der Waals surface area (Å²) in [5, 5.41) is 9.50. The van der Waals surface area contributed by atoms with Gasteiger partial charge in [-0.25, -0.2) is 0 Å². The third kappa shape index (κ3) is 4.73. The Morgan fingerprint density at radius 3 is 1.76 bits per heavy atom. The van der Waals surface area contributed by atoms with Crippen LogP contribution in [0.15, 0.2) is 192 Å². The van der Waals surface area contributed by atoms with E-state index in [0.717, 1.165) is 55.5 Å².